The molecule has 0 radical (unpaired) electrons. The summed E-state index contributed by atoms with van der Waals surface area (Å²) in [7, 11) is 0. The van der Waals surface area contributed by atoms with Crippen molar-refractivity contribution < 1.29 is 18.8 Å². The van der Waals surface area contributed by atoms with Gasteiger partial charge in [-0.05, 0) is 35.7 Å². The van der Waals surface area contributed by atoms with E-state index < -0.39 is 11.8 Å². The van der Waals surface area contributed by atoms with E-state index in [1.807, 2.05) is 37.3 Å². The van der Waals surface area contributed by atoms with Crippen molar-refractivity contribution in [2.45, 2.75) is 19.4 Å². The molecule has 7 nitrogen and oxygen atoms in total. The zero-order chi connectivity index (χ0) is 21.3. The summed E-state index contributed by atoms with van der Waals surface area (Å²) < 4.78 is 5.19. The van der Waals surface area contributed by atoms with Crippen LogP contribution in [-0.2, 0) is 16.1 Å². The van der Waals surface area contributed by atoms with Crippen molar-refractivity contribution in [2.24, 2.45) is 0 Å². The molecule has 3 N–H and O–H groups in total. The highest BCUT2D eigenvalue weighted by molar-refractivity contribution is 6.40. The number of carbonyl (C=O) groups is 3. The van der Waals surface area contributed by atoms with Gasteiger partial charge in [0.2, 0.25) is 0 Å². The first kappa shape index (κ1) is 20.9. The first-order valence-electron chi connectivity index (χ1n) is 9.58. The second-order valence-corrected chi connectivity index (χ2v) is 6.78. The Kier molecular flexibility index (Phi) is 7.00. The molecular weight excluding hydrogens is 382 g/mol. The first-order valence-corrected chi connectivity index (χ1v) is 9.58. The molecule has 30 heavy (non-hydrogen) atoms. The maximum atomic E-state index is 12.5. The minimum absolute atomic E-state index is 0.0580. The van der Waals surface area contributed by atoms with Crippen LogP contribution in [0.15, 0.2) is 77.4 Å². The maximum Gasteiger partial charge on any atom is 0.313 e. The summed E-state index contributed by atoms with van der Waals surface area (Å²) in [6.45, 7) is 2.50. The number of para-hydroxylation sites is 1. The molecule has 0 aliphatic heterocycles. The molecular formula is C23H23N3O4. The highest BCUT2D eigenvalue weighted by Crippen LogP contribution is 2.16. The molecule has 0 unspecified atom stereocenters. The SMILES string of the molecule is C[C@H](CNC(=O)C(=O)Nc1ccccc1C(=O)NCc1ccco1)c1ccccc1. The second-order valence-electron chi connectivity index (χ2n) is 6.78. The molecule has 154 valence electrons. The number of rotatable bonds is 7. The zero-order valence-corrected chi connectivity index (χ0v) is 16.6. The molecule has 3 amide bonds. The molecule has 1 heterocycles. The van der Waals surface area contributed by atoms with Gasteiger partial charge in [0.05, 0.1) is 24.1 Å². The van der Waals surface area contributed by atoms with Crippen LogP contribution >= 0.6 is 0 Å². The molecule has 0 bridgehead atoms. The fraction of sp³-hybridized carbons (Fsp3) is 0.174. The lowest BCUT2D eigenvalue weighted by molar-refractivity contribution is -0.136. The van der Waals surface area contributed by atoms with Crippen LogP contribution in [0, 0.1) is 0 Å². The van der Waals surface area contributed by atoms with Crippen LogP contribution in [0.2, 0.25) is 0 Å². The van der Waals surface area contributed by atoms with Gasteiger partial charge in [0, 0.05) is 6.54 Å². The number of benzene rings is 2. The van der Waals surface area contributed by atoms with Gasteiger partial charge in [-0.25, -0.2) is 0 Å². The van der Waals surface area contributed by atoms with E-state index in [1.165, 1.54) is 6.26 Å². The molecule has 0 aliphatic rings. The molecule has 1 atom stereocenters. The molecule has 1 aromatic heterocycles. The highest BCUT2D eigenvalue weighted by Gasteiger charge is 2.18. The molecule has 0 saturated carbocycles. The van der Waals surface area contributed by atoms with E-state index in [0.29, 0.717) is 12.3 Å². The molecule has 7 heteroatoms. The van der Waals surface area contributed by atoms with E-state index in [0.717, 1.165) is 5.56 Å². The quantitative estimate of drug-likeness (QED) is 0.526. The Morgan fingerprint density at radius 3 is 2.33 bits per heavy atom. The van der Waals surface area contributed by atoms with Crippen molar-refractivity contribution in [3.05, 3.63) is 89.9 Å². The van der Waals surface area contributed by atoms with Crippen molar-refractivity contribution in [3.8, 4) is 0 Å². The van der Waals surface area contributed by atoms with Gasteiger partial charge in [-0.2, -0.15) is 0 Å². The van der Waals surface area contributed by atoms with Crippen molar-refractivity contribution in [2.75, 3.05) is 11.9 Å². The van der Waals surface area contributed by atoms with Gasteiger partial charge in [-0.15, -0.1) is 0 Å². The Bertz CT molecular complexity index is 1000. The van der Waals surface area contributed by atoms with E-state index in [1.54, 1.807) is 36.4 Å². The average molecular weight is 405 g/mol. The third kappa shape index (κ3) is 5.57. The predicted octanol–water partition coefficient (Wildman–Crippen LogP) is 3.07. The second kappa shape index (κ2) is 10.1. The third-order valence-corrected chi connectivity index (χ3v) is 4.57. The van der Waals surface area contributed by atoms with Crippen LogP contribution in [0.5, 0.6) is 0 Å². The van der Waals surface area contributed by atoms with Crippen molar-refractivity contribution in [1.29, 1.82) is 0 Å². The summed E-state index contributed by atoms with van der Waals surface area (Å²) in [5.41, 5.74) is 1.57. The van der Waals surface area contributed by atoms with E-state index in [-0.39, 0.29) is 29.6 Å². The Balaban J connectivity index is 1.56. The smallest absolute Gasteiger partial charge is 0.313 e. The van der Waals surface area contributed by atoms with Gasteiger partial charge in [0.25, 0.3) is 5.91 Å². The summed E-state index contributed by atoms with van der Waals surface area (Å²) in [6, 6.07) is 19.7. The monoisotopic (exact) mass is 405 g/mol. The predicted molar refractivity (Wildman–Crippen MR) is 113 cm³/mol. The molecule has 3 rings (SSSR count). The van der Waals surface area contributed by atoms with Gasteiger partial charge in [-0.3, -0.25) is 14.4 Å². The third-order valence-electron chi connectivity index (χ3n) is 4.57. The summed E-state index contributed by atoms with van der Waals surface area (Å²) in [6.07, 6.45) is 1.52. The minimum Gasteiger partial charge on any atom is -0.467 e. The molecule has 0 aliphatic carbocycles. The van der Waals surface area contributed by atoms with E-state index in [9.17, 15) is 14.4 Å². The topological polar surface area (TPSA) is 100 Å². The van der Waals surface area contributed by atoms with Gasteiger partial charge < -0.3 is 20.4 Å². The summed E-state index contributed by atoms with van der Waals surface area (Å²) >= 11 is 0. The lowest BCUT2D eigenvalue weighted by Crippen LogP contribution is -2.37. The number of amides is 3. The fourth-order valence-corrected chi connectivity index (χ4v) is 2.87. The molecule has 0 saturated heterocycles. The number of hydrogen-bond acceptors (Lipinski definition) is 4. The summed E-state index contributed by atoms with van der Waals surface area (Å²) in [5, 5.41) is 7.86. The normalized spacial score (nSPS) is 11.4. The molecule has 3 aromatic rings. The lowest BCUT2D eigenvalue weighted by Gasteiger charge is -2.14. The average Bonchev–Trinajstić information content (AvgIpc) is 3.30. The molecule has 0 spiro atoms. The van der Waals surface area contributed by atoms with Crippen molar-refractivity contribution in [3.63, 3.8) is 0 Å². The Hall–Kier alpha value is -3.87. The van der Waals surface area contributed by atoms with E-state index >= 15 is 0 Å². The van der Waals surface area contributed by atoms with Gasteiger partial charge in [0.1, 0.15) is 5.76 Å². The van der Waals surface area contributed by atoms with Gasteiger partial charge in [0.15, 0.2) is 0 Å². The van der Waals surface area contributed by atoms with Crippen molar-refractivity contribution >= 4 is 23.4 Å². The minimum atomic E-state index is -0.832. The Morgan fingerprint density at radius 1 is 0.867 bits per heavy atom. The largest absolute Gasteiger partial charge is 0.467 e. The number of furan rings is 1. The summed E-state index contributed by atoms with van der Waals surface area (Å²) in [4.78, 5) is 37.0. The fourth-order valence-electron chi connectivity index (χ4n) is 2.87. The lowest BCUT2D eigenvalue weighted by atomic mass is 10.0. The Labute approximate surface area is 174 Å². The summed E-state index contributed by atoms with van der Waals surface area (Å²) in [5.74, 6) is -1.31. The standard InChI is InChI=1S/C23H23N3O4/c1-16(17-8-3-2-4-9-17)14-24-22(28)23(29)26-20-12-6-5-11-19(20)21(27)25-15-18-10-7-13-30-18/h2-13,16H,14-15H2,1H3,(H,24,28)(H,25,27)(H,26,29)/t16-/m1/s1. The van der Waals surface area contributed by atoms with Crippen LogP contribution in [0.25, 0.3) is 0 Å². The van der Waals surface area contributed by atoms with Crippen LogP contribution in [-0.4, -0.2) is 24.3 Å². The first-order chi connectivity index (χ1) is 14.5. The van der Waals surface area contributed by atoms with Crippen LogP contribution in [0.1, 0.15) is 34.5 Å². The van der Waals surface area contributed by atoms with Crippen LogP contribution in [0.3, 0.4) is 0 Å². The molecule has 0 fully saturated rings. The van der Waals surface area contributed by atoms with Crippen LogP contribution < -0.4 is 16.0 Å². The van der Waals surface area contributed by atoms with Gasteiger partial charge >= 0.3 is 11.8 Å². The van der Waals surface area contributed by atoms with Crippen molar-refractivity contribution in [1.82, 2.24) is 10.6 Å². The maximum absolute atomic E-state index is 12.5. The zero-order valence-electron chi connectivity index (χ0n) is 16.6. The number of anilines is 1. The van der Waals surface area contributed by atoms with Crippen LogP contribution in [0.4, 0.5) is 5.69 Å². The number of hydrogen-bond donors (Lipinski definition) is 3. The number of nitrogens with one attached hydrogen (secondary N) is 3. The molecule has 2 aromatic carbocycles. The van der Waals surface area contributed by atoms with E-state index in [4.69, 9.17) is 4.42 Å². The Morgan fingerprint density at radius 2 is 1.60 bits per heavy atom. The highest BCUT2D eigenvalue weighted by atomic mass is 16.3. The van der Waals surface area contributed by atoms with E-state index in [2.05, 4.69) is 16.0 Å². The number of carbonyl (C=O) groups excluding carboxylic acids is 3. The van der Waals surface area contributed by atoms with Gasteiger partial charge in [-0.1, -0.05) is 49.4 Å².